The van der Waals surface area contributed by atoms with Crippen LogP contribution in [0.2, 0.25) is 0 Å². The Bertz CT molecular complexity index is 1350. The van der Waals surface area contributed by atoms with Gasteiger partial charge in [-0.1, -0.05) is 117 Å². The van der Waals surface area contributed by atoms with Crippen molar-refractivity contribution in [2.75, 3.05) is 0 Å². The molecule has 4 amide bonds. The summed E-state index contributed by atoms with van der Waals surface area (Å²) in [7, 11) is 0. The Kier molecular flexibility index (Phi) is 20.3. The molecule has 0 aliphatic carbocycles. The van der Waals surface area contributed by atoms with Gasteiger partial charge in [0.15, 0.2) is 0 Å². The predicted octanol–water partition coefficient (Wildman–Crippen LogP) is 7.96. The van der Waals surface area contributed by atoms with Crippen molar-refractivity contribution in [3.05, 3.63) is 58.7 Å². The molecule has 0 bridgehead atoms. The van der Waals surface area contributed by atoms with Crippen LogP contribution in [-0.4, -0.2) is 33.8 Å². The summed E-state index contributed by atoms with van der Waals surface area (Å²) < 4.78 is 0. The van der Waals surface area contributed by atoms with Crippen molar-refractivity contribution in [1.82, 2.24) is 21.7 Å². The summed E-state index contributed by atoms with van der Waals surface area (Å²) in [6, 6.07) is 9.93. The number of benzene rings is 2. The molecule has 2 unspecified atom stereocenters. The van der Waals surface area contributed by atoms with Gasteiger partial charge in [0.2, 0.25) is 11.8 Å². The number of aromatic hydroxyl groups is 2. The minimum absolute atomic E-state index is 0.0553. The molecule has 6 N–H and O–H groups in total. The van der Waals surface area contributed by atoms with Crippen LogP contribution >= 0.6 is 0 Å². The van der Waals surface area contributed by atoms with E-state index in [-0.39, 0.29) is 29.0 Å². The summed E-state index contributed by atoms with van der Waals surface area (Å²) in [5, 5.41) is 21.0. The Morgan fingerprint density at radius 2 is 0.980 bits per heavy atom. The Labute approximate surface area is 299 Å². The predicted molar refractivity (Wildman–Crippen MR) is 198 cm³/mol. The number of carbonyl (C=O) groups excluding carboxylic acids is 4. The second-order valence-corrected chi connectivity index (χ2v) is 13.6. The molecule has 0 radical (unpaired) electrons. The number of aryl methyl sites for hydroxylation is 2. The van der Waals surface area contributed by atoms with E-state index in [1.807, 2.05) is 12.1 Å². The highest BCUT2D eigenvalue weighted by Crippen LogP contribution is 2.23. The van der Waals surface area contributed by atoms with Crippen LogP contribution in [0.3, 0.4) is 0 Å². The second-order valence-electron chi connectivity index (χ2n) is 13.6. The van der Waals surface area contributed by atoms with Crippen molar-refractivity contribution >= 4 is 23.6 Å². The normalized spacial score (nSPS) is 12.2. The van der Waals surface area contributed by atoms with Crippen molar-refractivity contribution in [3.8, 4) is 11.5 Å². The van der Waals surface area contributed by atoms with Crippen LogP contribution in [0.15, 0.2) is 36.4 Å². The van der Waals surface area contributed by atoms with E-state index >= 15 is 0 Å². The summed E-state index contributed by atoms with van der Waals surface area (Å²) >= 11 is 0. The number of hydrogen-bond donors (Lipinski definition) is 6. The van der Waals surface area contributed by atoms with E-state index in [9.17, 15) is 29.4 Å². The molecular formula is C40H62N4O6. The van der Waals surface area contributed by atoms with Gasteiger partial charge in [-0.15, -0.1) is 0 Å². The van der Waals surface area contributed by atoms with Gasteiger partial charge in [0.25, 0.3) is 11.8 Å². The Morgan fingerprint density at radius 3 is 1.42 bits per heavy atom. The third kappa shape index (κ3) is 15.6. The van der Waals surface area contributed by atoms with Crippen molar-refractivity contribution in [3.63, 3.8) is 0 Å². The van der Waals surface area contributed by atoms with E-state index in [4.69, 9.17) is 0 Å². The number of amides is 4. The van der Waals surface area contributed by atoms with Gasteiger partial charge >= 0.3 is 0 Å². The maximum atomic E-state index is 13.2. The van der Waals surface area contributed by atoms with Gasteiger partial charge < -0.3 is 10.2 Å². The van der Waals surface area contributed by atoms with Crippen molar-refractivity contribution in [1.29, 1.82) is 0 Å². The van der Waals surface area contributed by atoms with Crippen LogP contribution in [0, 0.1) is 11.8 Å². The number of nitrogens with one attached hydrogen (secondary N) is 4. The topological polar surface area (TPSA) is 157 Å². The van der Waals surface area contributed by atoms with E-state index < -0.39 is 35.5 Å². The molecule has 50 heavy (non-hydrogen) atoms. The molecule has 0 aromatic heterocycles. The second kappa shape index (κ2) is 24.1. The highest BCUT2D eigenvalue weighted by Gasteiger charge is 2.26. The molecule has 10 heteroatoms. The van der Waals surface area contributed by atoms with Crippen LogP contribution in [-0.2, 0) is 22.4 Å². The van der Waals surface area contributed by atoms with E-state index in [1.54, 1.807) is 31.2 Å². The summed E-state index contributed by atoms with van der Waals surface area (Å²) in [5.74, 6) is -3.70. The van der Waals surface area contributed by atoms with Crippen molar-refractivity contribution in [2.24, 2.45) is 11.8 Å². The summed E-state index contributed by atoms with van der Waals surface area (Å²) in [5.41, 5.74) is 11.7. The van der Waals surface area contributed by atoms with Crippen molar-refractivity contribution < 1.29 is 29.4 Å². The molecule has 2 atom stereocenters. The molecule has 0 saturated carbocycles. The molecule has 2 aromatic rings. The molecule has 0 fully saturated rings. The van der Waals surface area contributed by atoms with Crippen molar-refractivity contribution in [2.45, 2.75) is 143 Å². The molecule has 2 aromatic carbocycles. The van der Waals surface area contributed by atoms with Crippen LogP contribution in [0.25, 0.3) is 0 Å². The number of rotatable bonds is 23. The molecule has 10 nitrogen and oxygen atoms in total. The summed E-state index contributed by atoms with van der Waals surface area (Å²) in [4.78, 5) is 51.8. The number of hydrazine groups is 2. The van der Waals surface area contributed by atoms with Crippen LogP contribution < -0.4 is 21.7 Å². The highest BCUT2D eigenvalue weighted by molar-refractivity contribution is 5.98. The van der Waals surface area contributed by atoms with Gasteiger partial charge in [0.1, 0.15) is 11.5 Å². The lowest BCUT2D eigenvalue weighted by Crippen LogP contribution is -2.47. The van der Waals surface area contributed by atoms with E-state index in [2.05, 4.69) is 42.5 Å². The van der Waals surface area contributed by atoms with Crippen LogP contribution in [0.1, 0.15) is 162 Å². The smallest absolute Gasteiger partial charge is 0.273 e. The minimum atomic E-state index is -0.643. The standard InChI is InChI=1S/C40H62N4O6/c1-5-8-11-14-16-19-30-22-24-33(35(45)27-30)39(49)43-41-37(47)29(4)26-32(21-18-13-10-7-3)38(48)42-44-40(50)34-25-23-31(28-36(34)46)20-17-15-12-9-6-2/h22-25,27-29,32,45-46H,5-21,26H2,1-4H3,(H,41,47)(H,42,48)(H,43,49)(H,44,50). The fourth-order valence-corrected chi connectivity index (χ4v) is 6.02. The Balaban J connectivity index is 1.91. The average Bonchev–Trinajstić information content (AvgIpc) is 3.10. The lowest BCUT2D eigenvalue weighted by Gasteiger charge is -2.21. The monoisotopic (exact) mass is 694 g/mol. The highest BCUT2D eigenvalue weighted by atomic mass is 16.3. The average molecular weight is 695 g/mol. The van der Waals surface area contributed by atoms with Gasteiger partial charge in [-0.3, -0.25) is 40.9 Å². The first kappa shape index (κ1) is 42.1. The summed E-state index contributed by atoms with van der Waals surface area (Å²) in [6.07, 6.45) is 17.5. The van der Waals surface area contributed by atoms with Gasteiger partial charge in [-0.25, -0.2) is 0 Å². The number of phenols is 2. The van der Waals surface area contributed by atoms with Gasteiger partial charge in [-0.2, -0.15) is 0 Å². The number of phenolic OH excluding ortho intramolecular Hbond substituents is 2. The zero-order valence-corrected chi connectivity index (χ0v) is 30.9. The van der Waals surface area contributed by atoms with E-state index in [0.29, 0.717) is 6.42 Å². The van der Waals surface area contributed by atoms with Gasteiger partial charge in [-0.05, 0) is 73.9 Å². The lowest BCUT2D eigenvalue weighted by molar-refractivity contribution is -0.129. The maximum Gasteiger partial charge on any atom is 0.273 e. The van der Waals surface area contributed by atoms with E-state index in [1.165, 1.54) is 38.5 Å². The van der Waals surface area contributed by atoms with Gasteiger partial charge in [0.05, 0.1) is 11.1 Å². The molecule has 0 spiro atoms. The fourth-order valence-electron chi connectivity index (χ4n) is 6.02. The molecular weight excluding hydrogens is 632 g/mol. The summed E-state index contributed by atoms with van der Waals surface area (Å²) in [6.45, 7) is 8.11. The third-order valence-electron chi connectivity index (χ3n) is 9.21. The molecule has 278 valence electrons. The fraction of sp³-hybridized carbons (Fsp3) is 0.600. The van der Waals surface area contributed by atoms with Gasteiger partial charge in [0, 0.05) is 11.8 Å². The number of hydrogen-bond acceptors (Lipinski definition) is 6. The molecule has 2 rings (SSSR count). The molecule has 0 aliphatic heterocycles. The third-order valence-corrected chi connectivity index (χ3v) is 9.21. The largest absolute Gasteiger partial charge is 0.507 e. The van der Waals surface area contributed by atoms with Crippen LogP contribution in [0.5, 0.6) is 11.5 Å². The number of carbonyl (C=O) groups is 4. The molecule has 0 saturated heterocycles. The zero-order chi connectivity index (χ0) is 36.7. The Hall–Kier alpha value is -4.08. The first-order chi connectivity index (χ1) is 24.1. The first-order valence-electron chi connectivity index (χ1n) is 18.9. The molecule has 0 heterocycles. The molecule has 0 aliphatic rings. The Morgan fingerprint density at radius 1 is 0.560 bits per heavy atom. The lowest BCUT2D eigenvalue weighted by atomic mass is 9.90. The SMILES string of the molecule is CCCCCCCc1ccc(C(=O)NNC(=O)C(C)CC(CCCCCC)C(=O)NNC(=O)c2ccc(CCCCCCC)cc2O)c(O)c1. The minimum Gasteiger partial charge on any atom is -0.507 e. The quantitative estimate of drug-likeness (QED) is 0.0512. The zero-order valence-electron chi connectivity index (χ0n) is 30.9. The van der Waals surface area contributed by atoms with E-state index in [0.717, 1.165) is 75.3 Å². The van der Waals surface area contributed by atoms with Crippen LogP contribution in [0.4, 0.5) is 0 Å². The maximum absolute atomic E-state index is 13.2. The first-order valence-corrected chi connectivity index (χ1v) is 18.9. The number of unbranched alkanes of at least 4 members (excludes halogenated alkanes) is 11.